The number of ketones is 1. The van der Waals surface area contributed by atoms with E-state index in [4.69, 9.17) is 5.21 Å². The van der Waals surface area contributed by atoms with Crippen LogP contribution in [0.15, 0.2) is 60.8 Å². The summed E-state index contributed by atoms with van der Waals surface area (Å²) in [7, 11) is 0. The molecule has 0 saturated heterocycles. The molecule has 7 heteroatoms. The van der Waals surface area contributed by atoms with Crippen molar-refractivity contribution in [2.75, 3.05) is 18.4 Å². The quantitative estimate of drug-likeness (QED) is 0.170. The first kappa shape index (κ1) is 39.6. The second-order valence-electron chi connectivity index (χ2n) is 12.7. The van der Waals surface area contributed by atoms with E-state index in [1.807, 2.05) is 43.6 Å². The number of rotatable bonds is 12. The van der Waals surface area contributed by atoms with Gasteiger partial charge in [-0.2, -0.15) is 0 Å². The first-order valence-corrected chi connectivity index (χ1v) is 15.4. The van der Waals surface area contributed by atoms with Gasteiger partial charge in [-0.15, -0.1) is 0 Å². The van der Waals surface area contributed by atoms with Crippen LogP contribution in [0.5, 0.6) is 0 Å². The zero-order valence-corrected chi connectivity index (χ0v) is 28.4. The van der Waals surface area contributed by atoms with Gasteiger partial charge in [0.1, 0.15) is 12.3 Å². The Hall–Kier alpha value is -3.45. The zero-order valence-electron chi connectivity index (χ0n) is 28.4. The lowest BCUT2D eigenvalue weighted by molar-refractivity contribution is -0.137. The number of benzene rings is 2. The van der Waals surface area contributed by atoms with Crippen LogP contribution in [-0.4, -0.2) is 40.8 Å². The van der Waals surface area contributed by atoms with Crippen LogP contribution in [0.2, 0.25) is 0 Å². The average molecular weight is 596 g/mol. The van der Waals surface area contributed by atoms with Gasteiger partial charge in [0.15, 0.2) is 0 Å². The van der Waals surface area contributed by atoms with Gasteiger partial charge in [-0.1, -0.05) is 110 Å². The van der Waals surface area contributed by atoms with Gasteiger partial charge in [0.05, 0.1) is 6.54 Å². The minimum atomic E-state index is -0.335. The predicted octanol–water partition coefficient (Wildman–Crippen LogP) is 8.10. The molecule has 7 nitrogen and oxygen atoms in total. The lowest BCUT2D eigenvalue weighted by Gasteiger charge is -2.22. The molecule has 2 amide bonds. The number of hydrogen-bond donors (Lipinski definition) is 3. The predicted molar refractivity (Wildman–Crippen MR) is 179 cm³/mol. The molecule has 0 radical (unpaired) electrons. The number of amides is 2. The van der Waals surface area contributed by atoms with Crippen molar-refractivity contribution in [3.05, 3.63) is 77.5 Å². The number of hydrogen-bond acceptors (Lipinski definition) is 5. The third kappa shape index (κ3) is 17.3. The number of allylic oxidation sites excluding steroid dienone is 1. The first-order chi connectivity index (χ1) is 20.0. The van der Waals surface area contributed by atoms with Crippen molar-refractivity contribution < 1.29 is 19.6 Å². The molecule has 0 aliphatic heterocycles. The van der Waals surface area contributed by atoms with Crippen LogP contribution < -0.4 is 10.8 Å². The van der Waals surface area contributed by atoms with Crippen molar-refractivity contribution in [1.82, 2.24) is 10.4 Å². The summed E-state index contributed by atoms with van der Waals surface area (Å²) in [5, 5.41) is 11.5. The summed E-state index contributed by atoms with van der Waals surface area (Å²) < 4.78 is 0. The number of nitrogens with one attached hydrogen (secondary N) is 2. The Morgan fingerprint density at radius 2 is 1.23 bits per heavy atom. The minimum absolute atomic E-state index is 0.0229. The highest BCUT2D eigenvalue weighted by molar-refractivity contribution is 5.95. The van der Waals surface area contributed by atoms with Gasteiger partial charge in [0.25, 0.3) is 0 Å². The molecule has 2 aromatic rings. The summed E-state index contributed by atoms with van der Waals surface area (Å²) in [6.07, 6.45) is 3.10. The molecule has 3 N–H and O–H groups in total. The van der Waals surface area contributed by atoms with Gasteiger partial charge in [-0.3, -0.25) is 25.1 Å². The van der Waals surface area contributed by atoms with Crippen LogP contribution >= 0.6 is 0 Å². The third-order valence-electron chi connectivity index (χ3n) is 6.58. The van der Waals surface area contributed by atoms with Crippen molar-refractivity contribution in [1.29, 1.82) is 0 Å². The molecular weight excluding hydrogens is 538 g/mol. The Balaban J connectivity index is 0.00000112. The number of anilines is 1. The Bertz CT molecular complexity index is 1130. The number of Topliss-reactive ketones (excluding diaryl/α,β-unsaturated/α-hetero) is 1. The second kappa shape index (κ2) is 19.7. The average Bonchev–Trinajstić information content (AvgIpc) is 2.93. The summed E-state index contributed by atoms with van der Waals surface area (Å²) in [6.45, 7) is 24.0. The number of unbranched alkanes of at least 4 members (excludes halogenated alkanes) is 2. The van der Waals surface area contributed by atoms with Crippen molar-refractivity contribution in [2.24, 2.45) is 0 Å². The maximum Gasteiger partial charge on any atom is 0.244 e. The van der Waals surface area contributed by atoms with Crippen molar-refractivity contribution in [3.63, 3.8) is 0 Å². The lowest BCUT2D eigenvalue weighted by Crippen LogP contribution is -2.40. The zero-order chi connectivity index (χ0) is 33.2. The summed E-state index contributed by atoms with van der Waals surface area (Å²) in [5.74, 6) is -0.725. The number of carbonyl (C=O) groups excluding carboxylic acids is 3. The molecule has 2 aromatic carbocycles. The maximum absolute atomic E-state index is 12.5. The van der Waals surface area contributed by atoms with Crippen molar-refractivity contribution in [3.8, 4) is 0 Å². The molecule has 0 unspecified atom stereocenters. The van der Waals surface area contributed by atoms with E-state index in [1.54, 1.807) is 0 Å². The van der Waals surface area contributed by atoms with E-state index >= 15 is 0 Å². The molecular formula is C36H57N3O4. The summed E-state index contributed by atoms with van der Waals surface area (Å²) in [5.41, 5.74) is 7.40. The molecule has 240 valence electrons. The normalized spacial score (nSPS) is 10.8. The number of carbonyl (C=O) groups is 3. The van der Waals surface area contributed by atoms with Gasteiger partial charge in [-0.05, 0) is 67.2 Å². The van der Waals surface area contributed by atoms with Gasteiger partial charge in [0, 0.05) is 17.8 Å². The van der Waals surface area contributed by atoms with Crippen LogP contribution in [0.4, 0.5) is 5.69 Å². The Kier molecular flexibility index (Phi) is 18.1. The van der Waals surface area contributed by atoms with Crippen molar-refractivity contribution >= 4 is 23.3 Å². The van der Waals surface area contributed by atoms with Crippen LogP contribution in [0, 0.1) is 6.92 Å². The molecule has 0 fully saturated rings. The largest absolute Gasteiger partial charge is 0.326 e. The van der Waals surface area contributed by atoms with Gasteiger partial charge < -0.3 is 10.2 Å². The molecule has 0 atom stereocenters. The standard InChI is InChI=1S/C23H35N3O4.C11H16.C2H6/c1-17(25-30)9-7-6-8-10-22(29)26(15-18(2)27)16-21(28)24-20-13-11-19(12-14-20)23(3,4)5;1-9-5-7-10(8-6-9)11(2,3)4;1-2/h11-14,25,30H,1,6-10,15-16H2,2-5H3,(H,24,28);5-8H,1-4H3;1-2H3. The van der Waals surface area contributed by atoms with E-state index in [0.717, 1.165) is 18.4 Å². The fourth-order valence-electron chi connectivity index (χ4n) is 3.99. The van der Waals surface area contributed by atoms with E-state index in [-0.39, 0.29) is 47.9 Å². The van der Waals surface area contributed by atoms with Crippen molar-refractivity contribution in [2.45, 2.75) is 112 Å². The maximum atomic E-state index is 12.5. The van der Waals surface area contributed by atoms with E-state index in [0.29, 0.717) is 24.2 Å². The molecule has 0 saturated carbocycles. The van der Waals surface area contributed by atoms with E-state index < -0.39 is 0 Å². The molecule has 0 bridgehead atoms. The summed E-state index contributed by atoms with van der Waals surface area (Å²) in [4.78, 5) is 37.8. The van der Waals surface area contributed by atoms with Gasteiger partial charge >= 0.3 is 0 Å². The smallest absolute Gasteiger partial charge is 0.244 e. The fourth-order valence-corrected chi connectivity index (χ4v) is 3.99. The Labute approximate surface area is 261 Å². The summed E-state index contributed by atoms with van der Waals surface area (Å²) >= 11 is 0. The highest BCUT2D eigenvalue weighted by Crippen LogP contribution is 2.24. The van der Waals surface area contributed by atoms with Crippen LogP contribution in [0.1, 0.15) is 111 Å². The third-order valence-corrected chi connectivity index (χ3v) is 6.58. The molecule has 43 heavy (non-hydrogen) atoms. The van der Waals surface area contributed by atoms with Gasteiger partial charge in [0.2, 0.25) is 11.8 Å². The van der Waals surface area contributed by atoms with E-state index in [1.165, 1.54) is 23.0 Å². The molecule has 0 aliphatic carbocycles. The minimum Gasteiger partial charge on any atom is -0.326 e. The highest BCUT2D eigenvalue weighted by Gasteiger charge is 2.19. The van der Waals surface area contributed by atoms with Gasteiger partial charge in [-0.25, -0.2) is 0 Å². The first-order valence-electron chi connectivity index (χ1n) is 15.4. The van der Waals surface area contributed by atoms with Crippen LogP contribution in [-0.2, 0) is 25.2 Å². The monoisotopic (exact) mass is 595 g/mol. The SMILES string of the molecule is C=C(CCCCCC(=O)N(CC(C)=O)CC(=O)Nc1ccc(C(C)(C)C)cc1)NO.CC.Cc1ccc(C(C)(C)C)cc1. The highest BCUT2D eigenvalue weighted by atomic mass is 16.5. The topological polar surface area (TPSA) is 98.7 Å². The second-order valence-corrected chi connectivity index (χ2v) is 12.7. The number of hydroxylamine groups is 1. The Morgan fingerprint density at radius 3 is 1.67 bits per heavy atom. The van der Waals surface area contributed by atoms with E-state index in [2.05, 4.69) is 84.6 Å². The van der Waals surface area contributed by atoms with Crippen LogP contribution in [0.25, 0.3) is 0 Å². The lowest BCUT2D eigenvalue weighted by atomic mass is 9.87. The van der Waals surface area contributed by atoms with E-state index in [9.17, 15) is 14.4 Å². The Morgan fingerprint density at radius 1 is 0.767 bits per heavy atom. The molecule has 0 aliphatic rings. The fraction of sp³-hybridized carbons (Fsp3) is 0.528. The molecule has 0 spiro atoms. The number of nitrogens with zero attached hydrogens (tertiary/aromatic N) is 1. The molecule has 0 heterocycles. The summed E-state index contributed by atoms with van der Waals surface area (Å²) in [6, 6.07) is 16.4. The molecule has 0 aromatic heterocycles. The van der Waals surface area contributed by atoms with Crippen LogP contribution in [0.3, 0.4) is 0 Å². The number of aryl methyl sites for hydroxylation is 1. The molecule has 2 rings (SSSR count).